The van der Waals surface area contributed by atoms with Crippen LogP contribution in [0.15, 0.2) is 42.5 Å². The van der Waals surface area contributed by atoms with E-state index >= 15 is 0 Å². The molecular formula is C21H21Cl2N3O3. The van der Waals surface area contributed by atoms with Crippen LogP contribution in [0, 0.1) is 6.92 Å². The summed E-state index contributed by atoms with van der Waals surface area (Å²) in [4.78, 5) is 38.4. The summed E-state index contributed by atoms with van der Waals surface area (Å²) in [6, 6.07) is 11.9. The van der Waals surface area contributed by atoms with Crippen LogP contribution in [0.5, 0.6) is 0 Å². The number of nitrogens with one attached hydrogen (secondary N) is 2. The van der Waals surface area contributed by atoms with Crippen molar-refractivity contribution >= 4 is 41.0 Å². The zero-order valence-electron chi connectivity index (χ0n) is 16.1. The Bertz CT molecular complexity index is 962. The fourth-order valence-corrected chi connectivity index (χ4v) is 3.69. The lowest BCUT2D eigenvalue weighted by atomic mass is 9.91. The van der Waals surface area contributed by atoms with Crippen molar-refractivity contribution in [3.05, 3.63) is 69.2 Å². The fraction of sp³-hybridized carbons (Fsp3) is 0.286. The molecule has 1 fully saturated rings. The molecule has 0 spiro atoms. The molecule has 29 heavy (non-hydrogen) atoms. The highest BCUT2D eigenvalue weighted by atomic mass is 35.5. The van der Waals surface area contributed by atoms with E-state index in [9.17, 15) is 14.4 Å². The summed E-state index contributed by atoms with van der Waals surface area (Å²) >= 11 is 12.0. The molecular weight excluding hydrogens is 413 g/mol. The van der Waals surface area contributed by atoms with Crippen molar-refractivity contribution in [2.24, 2.45) is 0 Å². The van der Waals surface area contributed by atoms with Gasteiger partial charge < -0.3 is 10.6 Å². The first-order valence-corrected chi connectivity index (χ1v) is 9.88. The quantitative estimate of drug-likeness (QED) is 0.684. The minimum absolute atomic E-state index is 0.319. The zero-order chi connectivity index (χ0) is 21.2. The van der Waals surface area contributed by atoms with Crippen molar-refractivity contribution in [2.45, 2.75) is 25.8 Å². The van der Waals surface area contributed by atoms with Crippen LogP contribution in [0.4, 0.5) is 4.79 Å². The van der Waals surface area contributed by atoms with E-state index in [4.69, 9.17) is 23.2 Å². The average molecular weight is 434 g/mol. The largest absolute Gasteiger partial charge is 0.354 e. The van der Waals surface area contributed by atoms with Gasteiger partial charge in [0.05, 0.1) is 0 Å². The third-order valence-electron chi connectivity index (χ3n) is 4.94. The molecule has 0 aliphatic carbocycles. The highest BCUT2D eigenvalue weighted by Gasteiger charge is 2.49. The third kappa shape index (κ3) is 4.54. The van der Waals surface area contributed by atoms with Gasteiger partial charge in [-0.2, -0.15) is 0 Å². The smallest absolute Gasteiger partial charge is 0.325 e. The summed E-state index contributed by atoms with van der Waals surface area (Å²) in [6.45, 7) is 3.55. The number of aryl methyl sites for hydroxylation is 1. The summed E-state index contributed by atoms with van der Waals surface area (Å²) in [5.74, 6) is -0.881. The first kappa shape index (κ1) is 21.1. The van der Waals surface area contributed by atoms with Gasteiger partial charge in [0.2, 0.25) is 5.91 Å². The molecule has 6 nitrogen and oxygen atoms in total. The van der Waals surface area contributed by atoms with Crippen LogP contribution in [0.3, 0.4) is 0 Å². The van der Waals surface area contributed by atoms with Crippen molar-refractivity contribution in [1.29, 1.82) is 0 Å². The van der Waals surface area contributed by atoms with Gasteiger partial charge in [0, 0.05) is 16.6 Å². The van der Waals surface area contributed by atoms with E-state index in [0.717, 1.165) is 16.0 Å². The van der Waals surface area contributed by atoms with Gasteiger partial charge in [-0.25, -0.2) is 4.79 Å². The lowest BCUT2D eigenvalue weighted by molar-refractivity contribution is -0.134. The van der Waals surface area contributed by atoms with Gasteiger partial charge in [-0.1, -0.05) is 59.1 Å². The number of nitrogens with zero attached hydrogens (tertiary/aromatic N) is 1. The second-order valence-corrected chi connectivity index (χ2v) is 7.99. The molecule has 0 aromatic heterocycles. The Morgan fingerprint density at radius 3 is 2.48 bits per heavy atom. The molecule has 2 aromatic rings. The summed E-state index contributed by atoms with van der Waals surface area (Å²) in [7, 11) is 0. The van der Waals surface area contributed by atoms with Gasteiger partial charge in [0.15, 0.2) is 0 Å². The number of halogens is 2. The maximum atomic E-state index is 12.9. The van der Waals surface area contributed by atoms with Gasteiger partial charge in [0.25, 0.3) is 5.91 Å². The second-order valence-electron chi connectivity index (χ2n) is 7.15. The molecule has 152 valence electrons. The van der Waals surface area contributed by atoms with Crippen LogP contribution in [0.1, 0.15) is 23.6 Å². The molecule has 3 rings (SSSR count). The molecule has 0 unspecified atom stereocenters. The van der Waals surface area contributed by atoms with Crippen LogP contribution >= 0.6 is 23.2 Å². The topological polar surface area (TPSA) is 78.5 Å². The Morgan fingerprint density at radius 1 is 1.14 bits per heavy atom. The number of carbonyl (C=O) groups is 3. The van der Waals surface area contributed by atoms with Crippen LogP contribution in [0.25, 0.3) is 0 Å². The number of amides is 4. The van der Waals surface area contributed by atoms with E-state index in [1.807, 2.05) is 19.1 Å². The minimum Gasteiger partial charge on any atom is -0.354 e. The normalized spacial score (nSPS) is 18.7. The van der Waals surface area contributed by atoms with E-state index in [0.29, 0.717) is 28.6 Å². The Labute approximate surface area is 179 Å². The van der Waals surface area contributed by atoms with E-state index in [1.165, 1.54) is 0 Å². The fourth-order valence-electron chi connectivity index (χ4n) is 3.18. The molecule has 4 amide bonds. The monoisotopic (exact) mass is 433 g/mol. The summed E-state index contributed by atoms with van der Waals surface area (Å²) < 4.78 is 0. The van der Waals surface area contributed by atoms with Crippen molar-refractivity contribution in [3.8, 4) is 0 Å². The van der Waals surface area contributed by atoms with Crippen LogP contribution in [-0.4, -0.2) is 35.8 Å². The molecule has 0 radical (unpaired) electrons. The highest BCUT2D eigenvalue weighted by Crippen LogP contribution is 2.28. The molecule has 8 heteroatoms. The number of carbonyl (C=O) groups excluding carboxylic acids is 3. The number of imide groups is 1. The SMILES string of the molecule is Cc1ccc([C@]2(C)NC(=O)N(CC(=O)NCCc3ccc(Cl)cc3Cl)C2=O)cc1. The van der Waals surface area contributed by atoms with E-state index < -0.39 is 23.4 Å². The lowest BCUT2D eigenvalue weighted by Gasteiger charge is -2.22. The second kappa shape index (κ2) is 8.43. The predicted molar refractivity (Wildman–Crippen MR) is 112 cm³/mol. The van der Waals surface area contributed by atoms with E-state index in [-0.39, 0.29) is 6.54 Å². The average Bonchev–Trinajstić information content (AvgIpc) is 2.88. The lowest BCUT2D eigenvalue weighted by Crippen LogP contribution is -2.43. The molecule has 1 atom stereocenters. The maximum absolute atomic E-state index is 12.9. The van der Waals surface area contributed by atoms with Gasteiger partial charge in [-0.05, 0) is 43.5 Å². The molecule has 1 aliphatic rings. The molecule has 1 saturated heterocycles. The van der Waals surface area contributed by atoms with Crippen LogP contribution in [-0.2, 0) is 21.5 Å². The Hall–Kier alpha value is -2.57. The summed E-state index contributed by atoms with van der Waals surface area (Å²) in [5, 5.41) is 6.47. The summed E-state index contributed by atoms with van der Waals surface area (Å²) in [6.07, 6.45) is 0.503. The van der Waals surface area contributed by atoms with Crippen molar-refractivity contribution in [2.75, 3.05) is 13.1 Å². The molecule has 0 bridgehead atoms. The zero-order valence-corrected chi connectivity index (χ0v) is 17.6. The van der Waals surface area contributed by atoms with Crippen molar-refractivity contribution < 1.29 is 14.4 Å². The van der Waals surface area contributed by atoms with E-state index in [1.54, 1.807) is 37.3 Å². The van der Waals surface area contributed by atoms with E-state index in [2.05, 4.69) is 10.6 Å². The van der Waals surface area contributed by atoms with Crippen molar-refractivity contribution in [1.82, 2.24) is 15.5 Å². The third-order valence-corrected chi connectivity index (χ3v) is 5.52. The molecule has 2 aromatic carbocycles. The number of hydrogen-bond donors (Lipinski definition) is 2. The van der Waals surface area contributed by atoms with Gasteiger partial charge in [-0.15, -0.1) is 0 Å². The molecule has 1 heterocycles. The standard InChI is InChI=1S/C21H21Cl2N3O3/c1-13-3-6-15(7-4-13)21(2)19(28)26(20(29)25-21)12-18(27)24-10-9-14-5-8-16(22)11-17(14)23/h3-8,11H,9-10,12H2,1-2H3,(H,24,27)(H,25,29)/t21-/m0/s1. The summed E-state index contributed by atoms with van der Waals surface area (Å²) in [5.41, 5.74) is 1.37. The number of rotatable bonds is 6. The highest BCUT2D eigenvalue weighted by molar-refractivity contribution is 6.35. The predicted octanol–water partition coefficient (Wildman–Crippen LogP) is 3.43. The van der Waals surface area contributed by atoms with Crippen LogP contribution in [0.2, 0.25) is 10.0 Å². The number of hydrogen-bond acceptors (Lipinski definition) is 3. The number of urea groups is 1. The van der Waals surface area contributed by atoms with Gasteiger partial charge in [0.1, 0.15) is 12.1 Å². The Balaban J connectivity index is 1.59. The molecule has 2 N–H and O–H groups in total. The Kier molecular flexibility index (Phi) is 6.15. The number of benzene rings is 2. The Morgan fingerprint density at radius 2 is 1.83 bits per heavy atom. The maximum Gasteiger partial charge on any atom is 0.325 e. The molecule has 0 saturated carbocycles. The van der Waals surface area contributed by atoms with Gasteiger partial charge >= 0.3 is 6.03 Å². The van der Waals surface area contributed by atoms with Gasteiger partial charge in [-0.3, -0.25) is 14.5 Å². The van der Waals surface area contributed by atoms with Crippen molar-refractivity contribution in [3.63, 3.8) is 0 Å². The first-order chi connectivity index (χ1) is 13.7. The minimum atomic E-state index is -1.19. The van der Waals surface area contributed by atoms with Crippen LogP contribution < -0.4 is 10.6 Å². The molecule has 1 aliphatic heterocycles. The first-order valence-electron chi connectivity index (χ1n) is 9.12.